The molecule has 0 aliphatic carbocycles. The number of carbonyl (C=O) groups excluding carboxylic acids is 2. The highest BCUT2D eigenvalue weighted by Gasteiger charge is 2.33. The van der Waals surface area contributed by atoms with Crippen molar-refractivity contribution in [3.8, 4) is 11.3 Å². The van der Waals surface area contributed by atoms with Crippen molar-refractivity contribution in [2.24, 2.45) is 10.9 Å². The quantitative estimate of drug-likeness (QED) is 0.309. The maximum Gasteiger partial charge on any atom is 0.323 e. The molecule has 1 aliphatic rings. The molecule has 1 aliphatic heterocycles. The van der Waals surface area contributed by atoms with Crippen molar-refractivity contribution in [2.75, 3.05) is 12.3 Å². The molecule has 2 heterocycles. The molecule has 1 amide bonds. The van der Waals surface area contributed by atoms with Gasteiger partial charge >= 0.3 is 5.97 Å². The van der Waals surface area contributed by atoms with Gasteiger partial charge in [-0.05, 0) is 56.2 Å². The summed E-state index contributed by atoms with van der Waals surface area (Å²) in [4.78, 5) is 46.2. The molecule has 4 rings (SSSR count). The average molecular weight is 550 g/mol. The standard InChI is InChI=1S/C27H27N5O6S/c1-14-9-15(2)25(16(3)10-14)39(37,38)32-22(27(35)36)13-30-26(34)19-12-29-21-11-17(7-8-18(21)24(19)33)20-5-4-6-23(28)31-20/h4-12,19,22,32H,13H2,1-3H3,(H2,28,31)(H,30,34)(H,35,36). The number of nitrogens with two attached hydrogens (primary N) is 1. The van der Waals surface area contributed by atoms with E-state index in [0.29, 0.717) is 33.9 Å². The van der Waals surface area contributed by atoms with Crippen molar-refractivity contribution >= 4 is 45.4 Å². The number of carboxylic acids is 1. The molecular weight excluding hydrogens is 522 g/mol. The number of ketones is 1. The number of carboxylic acid groups (broad SMARTS) is 1. The van der Waals surface area contributed by atoms with Crippen molar-refractivity contribution in [1.29, 1.82) is 0 Å². The number of aliphatic imine (C=N–C) groups is 1. The maximum absolute atomic E-state index is 13.0. The van der Waals surface area contributed by atoms with E-state index in [1.165, 1.54) is 12.3 Å². The van der Waals surface area contributed by atoms with Gasteiger partial charge in [-0.2, -0.15) is 4.72 Å². The number of rotatable bonds is 8. The molecule has 11 nitrogen and oxygen atoms in total. The minimum atomic E-state index is -4.22. The van der Waals surface area contributed by atoms with E-state index in [1.54, 1.807) is 56.3 Å². The van der Waals surface area contributed by atoms with Crippen molar-refractivity contribution in [2.45, 2.75) is 31.7 Å². The molecule has 2 atom stereocenters. The van der Waals surface area contributed by atoms with Gasteiger partial charge in [0.05, 0.1) is 16.3 Å². The summed E-state index contributed by atoms with van der Waals surface area (Å²) < 4.78 is 28.2. The maximum atomic E-state index is 13.0. The number of sulfonamides is 1. The first kappa shape index (κ1) is 27.6. The second-order valence-electron chi connectivity index (χ2n) is 9.28. The fraction of sp³-hybridized carbons (Fsp3) is 0.222. The van der Waals surface area contributed by atoms with Gasteiger partial charge in [0.1, 0.15) is 17.8 Å². The lowest BCUT2D eigenvalue weighted by atomic mass is 9.92. The molecule has 5 N–H and O–H groups in total. The van der Waals surface area contributed by atoms with Crippen LogP contribution in [0.3, 0.4) is 0 Å². The lowest BCUT2D eigenvalue weighted by Crippen LogP contribution is -2.50. The zero-order valence-corrected chi connectivity index (χ0v) is 22.2. The van der Waals surface area contributed by atoms with E-state index in [0.717, 1.165) is 5.56 Å². The van der Waals surface area contributed by atoms with E-state index in [9.17, 15) is 27.9 Å². The zero-order valence-electron chi connectivity index (χ0n) is 21.4. The third kappa shape index (κ3) is 5.86. The van der Waals surface area contributed by atoms with Gasteiger partial charge in [0, 0.05) is 23.9 Å². The van der Waals surface area contributed by atoms with Gasteiger partial charge in [-0.25, -0.2) is 13.4 Å². The van der Waals surface area contributed by atoms with Crippen LogP contribution in [0.25, 0.3) is 11.3 Å². The number of amides is 1. The van der Waals surface area contributed by atoms with E-state index in [4.69, 9.17) is 5.73 Å². The van der Waals surface area contributed by atoms with E-state index < -0.39 is 46.2 Å². The van der Waals surface area contributed by atoms with Crippen LogP contribution in [0.2, 0.25) is 0 Å². The van der Waals surface area contributed by atoms with Crippen molar-refractivity contribution in [3.63, 3.8) is 0 Å². The molecule has 0 spiro atoms. The number of anilines is 1. The van der Waals surface area contributed by atoms with Crippen molar-refractivity contribution in [3.05, 3.63) is 70.8 Å². The molecule has 3 aromatic rings. The number of Topliss-reactive ketones (excluding diaryl/α,β-unsaturated/α-hetero) is 1. The van der Waals surface area contributed by atoms with E-state index in [1.807, 2.05) is 6.92 Å². The van der Waals surface area contributed by atoms with Crippen LogP contribution < -0.4 is 15.8 Å². The summed E-state index contributed by atoms with van der Waals surface area (Å²) in [6.45, 7) is 4.48. The van der Waals surface area contributed by atoms with Gasteiger partial charge < -0.3 is 16.2 Å². The van der Waals surface area contributed by atoms with Gasteiger partial charge in [0.15, 0.2) is 5.78 Å². The Balaban J connectivity index is 1.47. The number of aromatic nitrogens is 1. The summed E-state index contributed by atoms with van der Waals surface area (Å²) in [5.41, 5.74) is 9.38. The number of nitrogens with zero attached hydrogens (tertiary/aromatic N) is 2. The first-order valence-corrected chi connectivity index (χ1v) is 13.4. The second-order valence-corrected chi connectivity index (χ2v) is 10.9. The zero-order chi connectivity index (χ0) is 28.5. The highest BCUT2D eigenvalue weighted by molar-refractivity contribution is 7.89. The summed E-state index contributed by atoms with van der Waals surface area (Å²) in [5.74, 6) is -3.78. The van der Waals surface area contributed by atoms with Gasteiger partial charge in [0.2, 0.25) is 15.9 Å². The highest BCUT2D eigenvalue weighted by atomic mass is 32.2. The third-order valence-electron chi connectivity index (χ3n) is 6.21. The number of pyridine rings is 1. The molecule has 12 heteroatoms. The molecule has 2 aromatic carbocycles. The molecule has 0 radical (unpaired) electrons. The Hall–Kier alpha value is -4.42. The summed E-state index contributed by atoms with van der Waals surface area (Å²) in [7, 11) is -4.22. The Kier molecular flexibility index (Phi) is 7.61. The summed E-state index contributed by atoms with van der Waals surface area (Å²) in [6.07, 6.45) is 1.18. The SMILES string of the molecule is Cc1cc(C)c(S(=O)(=O)NC(CNC(=O)C2C=Nc3cc(-c4cccc(N)n4)ccc3C2=O)C(=O)O)c(C)c1. The number of aryl methyl sites for hydroxylation is 3. The van der Waals surface area contributed by atoms with Crippen LogP contribution in [0, 0.1) is 26.7 Å². The summed E-state index contributed by atoms with van der Waals surface area (Å²) in [5, 5.41) is 12.0. The lowest BCUT2D eigenvalue weighted by Gasteiger charge is -2.20. The molecule has 39 heavy (non-hydrogen) atoms. The van der Waals surface area contributed by atoms with Crippen molar-refractivity contribution < 1.29 is 27.9 Å². The van der Waals surface area contributed by atoms with Gasteiger partial charge in [-0.3, -0.25) is 19.4 Å². The second kappa shape index (κ2) is 10.8. The number of hydrogen-bond donors (Lipinski definition) is 4. The predicted molar refractivity (Wildman–Crippen MR) is 145 cm³/mol. The van der Waals surface area contributed by atoms with Gasteiger partial charge in [0.25, 0.3) is 0 Å². The van der Waals surface area contributed by atoms with E-state index in [2.05, 4.69) is 20.0 Å². The third-order valence-corrected chi connectivity index (χ3v) is 7.98. The molecular formula is C27H27N5O6S. The number of benzene rings is 2. The Morgan fingerprint density at radius 1 is 1.08 bits per heavy atom. The Bertz CT molecular complexity index is 1610. The number of nitrogen functional groups attached to an aromatic ring is 1. The highest BCUT2D eigenvalue weighted by Crippen LogP contribution is 2.31. The van der Waals surface area contributed by atoms with Gasteiger partial charge in [-0.1, -0.05) is 29.8 Å². The van der Waals surface area contributed by atoms with Crippen molar-refractivity contribution in [1.82, 2.24) is 15.0 Å². The number of hydrogen-bond acceptors (Lipinski definition) is 8. The topological polar surface area (TPSA) is 181 Å². The molecule has 0 bridgehead atoms. The van der Waals surface area contributed by atoms with Crippen LogP contribution in [0.15, 0.2) is 58.4 Å². The molecule has 2 unspecified atom stereocenters. The number of nitrogens with one attached hydrogen (secondary N) is 2. The van der Waals surface area contributed by atoms with Crippen LogP contribution in [0.5, 0.6) is 0 Å². The summed E-state index contributed by atoms with van der Waals surface area (Å²) in [6, 6.07) is 11.7. The molecule has 0 fully saturated rings. The van der Waals surface area contributed by atoms with Crippen LogP contribution in [0.1, 0.15) is 27.0 Å². The normalized spacial score (nSPS) is 15.5. The van der Waals surface area contributed by atoms with E-state index in [-0.39, 0.29) is 10.5 Å². The minimum absolute atomic E-state index is 0.0235. The average Bonchev–Trinajstić information content (AvgIpc) is 2.85. The fourth-order valence-electron chi connectivity index (χ4n) is 4.52. The fourth-order valence-corrected chi connectivity index (χ4v) is 6.17. The van der Waals surface area contributed by atoms with Crippen LogP contribution >= 0.6 is 0 Å². The predicted octanol–water partition coefficient (Wildman–Crippen LogP) is 2.32. The monoisotopic (exact) mass is 549 g/mol. The van der Waals surface area contributed by atoms with Gasteiger partial charge in [-0.15, -0.1) is 0 Å². The Morgan fingerprint density at radius 2 is 1.77 bits per heavy atom. The van der Waals surface area contributed by atoms with Crippen LogP contribution in [-0.4, -0.2) is 55.0 Å². The first-order valence-electron chi connectivity index (χ1n) is 11.9. The molecule has 202 valence electrons. The molecule has 1 aromatic heterocycles. The van der Waals surface area contributed by atoms with Crippen LogP contribution in [0.4, 0.5) is 11.5 Å². The Morgan fingerprint density at radius 3 is 2.41 bits per heavy atom. The molecule has 0 saturated carbocycles. The van der Waals surface area contributed by atoms with E-state index >= 15 is 0 Å². The molecule has 0 saturated heterocycles. The minimum Gasteiger partial charge on any atom is -0.480 e. The number of fused-ring (bicyclic) bond motifs is 1. The smallest absolute Gasteiger partial charge is 0.323 e. The van der Waals surface area contributed by atoms with Crippen LogP contribution in [-0.2, 0) is 19.6 Å². The first-order chi connectivity index (χ1) is 18.4. The Labute approximate surface area is 225 Å². The largest absolute Gasteiger partial charge is 0.480 e. The lowest BCUT2D eigenvalue weighted by molar-refractivity contribution is -0.138. The number of carbonyl (C=O) groups is 3. The summed E-state index contributed by atoms with van der Waals surface area (Å²) >= 11 is 0. The number of aliphatic carboxylic acids is 1.